The van der Waals surface area contributed by atoms with Crippen LogP contribution in [0.1, 0.15) is 39.5 Å². The van der Waals surface area contributed by atoms with E-state index < -0.39 is 0 Å². The molecule has 0 aromatic rings. The average molecular weight is 182 g/mol. The van der Waals surface area contributed by atoms with Crippen LogP contribution < -0.4 is 0 Å². The van der Waals surface area contributed by atoms with Crippen LogP contribution in [0.5, 0.6) is 0 Å². The Balaban J connectivity index is 3.29. The van der Waals surface area contributed by atoms with Gasteiger partial charge in [-0.15, -0.1) is 0 Å². The molecule has 74 valence electrons. The normalized spacial score (nSPS) is 11.2. The zero-order chi connectivity index (χ0) is 9.94. The van der Waals surface area contributed by atoms with Crippen molar-refractivity contribution < 1.29 is 9.53 Å². The third-order valence-electron chi connectivity index (χ3n) is 1.53. The molecule has 0 heterocycles. The highest BCUT2D eigenvalue weighted by molar-refractivity contribution is 5.66. The van der Waals surface area contributed by atoms with Crippen LogP contribution in [0, 0.1) is 0 Å². The van der Waals surface area contributed by atoms with Gasteiger partial charge < -0.3 is 4.74 Å². The van der Waals surface area contributed by atoms with Gasteiger partial charge >= 0.3 is 5.97 Å². The van der Waals surface area contributed by atoms with Crippen LogP contribution in [-0.2, 0) is 9.53 Å². The molecule has 0 radical (unpaired) electrons. The molecule has 0 unspecified atom stereocenters. The Kier molecular flexibility index (Phi) is 8.31. The van der Waals surface area contributed by atoms with Crippen molar-refractivity contribution in [3.8, 4) is 0 Å². The van der Waals surface area contributed by atoms with Crippen molar-refractivity contribution in [1.82, 2.24) is 0 Å². The number of hydrogen-bond acceptors (Lipinski definition) is 2. The maximum atomic E-state index is 10.3. The fraction of sp³-hybridized carbons (Fsp3) is 0.545. The molecule has 0 amide bonds. The fourth-order valence-corrected chi connectivity index (χ4v) is 0.867. The number of hydrogen-bond donors (Lipinski definition) is 0. The fourth-order valence-electron chi connectivity index (χ4n) is 0.867. The molecular formula is C11H18O2. The predicted octanol–water partition coefficient (Wildman–Crippen LogP) is 3.20. The second-order valence-corrected chi connectivity index (χ2v) is 2.86. The molecule has 0 aliphatic heterocycles. The summed E-state index contributed by atoms with van der Waals surface area (Å²) in [6.07, 6.45) is 12.0. The van der Waals surface area contributed by atoms with Crippen molar-refractivity contribution in [3.63, 3.8) is 0 Å². The molecule has 0 spiro atoms. The lowest BCUT2D eigenvalue weighted by atomic mass is 10.2. The summed E-state index contributed by atoms with van der Waals surface area (Å²) in [4.78, 5) is 10.3. The number of unbranched alkanes of at least 4 members (excludes halogenated alkanes) is 3. The van der Waals surface area contributed by atoms with Gasteiger partial charge in [0.25, 0.3) is 0 Å². The van der Waals surface area contributed by atoms with Gasteiger partial charge in [-0.25, -0.2) is 0 Å². The van der Waals surface area contributed by atoms with E-state index in [1.165, 1.54) is 32.4 Å². The van der Waals surface area contributed by atoms with Gasteiger partial charge in [0.15, 0.2) is 0 Å². The molecular weight excluding hydrogens is 164 g/mol. The van der Waals surface area contributed by atoms with Gasteiger partial charge in [-0.3, -0.25) is 4.79 Å². The quantitative estimate of drug-likeness (QED) is 0.273. The first-order valence-electron chi connectivity index (χ1n) is 4.76. The second kappa shape index (κ2) is 9.04. The Morgan fingerprint density at radius 2 is 2.08 bits per heavy atom. The minimum absolute atomic E-state index is 0.282. The SMILES string of the molecule is CCCCCC=CC=COC(C)=O. The largest absolute Gasteiger partial charge is 0.435 e. The number of allylic oxidation sites excluding steroid dienone is 3. The lowest BCUT2D eigenvalue weighted by molar-refractivity contribution is -0.135. The summed E-state index contributed by atoms with van der Waals surface area (Å²) in [7, 11) is 0. The van der Waals surface area contributed by atoms with E-state index in [0.29, 0.717) is 0 Å². The molecule has 0 bridgehead atoms. The molecule has 0 aromatic carbocycles. The molecule has 2 nitrogen and oxygen atoms in total. The number of ether oxygens (including phenoxy) is 1. The highest BCUT2D eigenvalue weighted by atomic mass is 16.5. The Morgan fingerprint density at radius 3 is 2.69 bits per heavy atom. The summed E-state index contributed by atoms with van der Waals surface area (Å²) in [6.45, 7) is 3.57. The van der Waals surface area contributed by atoms with Gasteiger partial charge in [-0.1, -0.05) is 31.9 Å². The molecule has 0 aromatic heterocycles. The molecule has 0 rings (SSSR count). The Labute approximate surface area is 80.3 Å². The molecule has 0 saturated heterocycles. The minimum atomic E-state index is -0.282. The van der Waals surface area contributed by atoms with Crippen molar-refractivity contribution in [2.45, 2.75) is 39.5 Å². The molecule has 0 fully saturated rings. The molecule has 13 heavy (non-hydrogen) atoms. The molecule has 0 atom stereocenters. The van der Waals surface area contributed by atoms with E-state index in [1.54, 1.807) is 6.08 Å². The molecule has 0 aliphatic carbocycles. The van der Waals surface area contributed by atoms with Crippen molar-refractivity contribution in [3.05, 3.63) is 24.5 Å². The highest BCUT2D eigenvalue weighted by Crippen LogP contribution is 1.99. The third kappa shape index (κ3) is 10.9. The topological polar surface area (TPSA) is 26.3 Å². The molecule has 0 saturated carbocycles. The maximum Gasteiger partial charge on any atom is 0.307 e. The number of carbonyl (C=O) groups is 1. The summed E-state index contributed by atoms with van der Waals surface area (Å²) in [5.41, 5.74) is 0. The van der Waals surface area contributed by atoms with Crippen molar-refractivity contribution in [2.24, 2.45) is 0 Å². The smallest absolute Gasteiger partial charge is 0.307 e. The van der Waals surface area contributed by atoms with E-state index >= 15 is 0 Å². The van der Waals surface area contributed by atoms with E-state index in [4.69, 9.17) is 0 Å². The van der Waals surface area contributed by atoms with Crippen LogP contribution in [-0.4, -0.2) is 5.97 Å². The molecule has 0 aliphatic rings. The van der Waals surface area contributed by atoms with Crippen LogP contribution in [0.25, 0.3) is 0 Å². The van der Waals surface area contributed by atoms with E-state index in [-0.39, 0.29) is 5.97 Å². The highest BCUT2D eigenvalue weighted by Gasteiger charge is 1.82. The summed E-state index contributed by atoms with van der Waals surface area (Å²) < 4.78 is 4.60. The first-order valence-corrected chi connectivity index (χ1v) is 4.76. The summed E-state index contributed by atoms with van der Waals surface area (Å²) in [6, 6.07) is 0. The van der Waals surface area contributed by atoms with E-state index in [0.717, 1.165) is 6.42 Å². The summed E-state index contributed by atoms with van der Waals surface area (Å²) in [5, 5.41) is 0. The number of rotatable bonds is 6. The lowest BCUT2D eigenvalue weighted by Gasteiger charge is -1.90. The number of esters is 1. The van der Waals surface area contributed by atoms with Crippen LogP contribution in [0.2, 0.25) is 0 Å². The first kappa shape index (κ1) is 11.9. The van der Waals surface area contributed by atoms with Gasteiger partial charge in [0.2, 0.25) is 0 Å². The van der Waals surface area contributed by atoms with Gasteiger partial charge in [0.1, 0.15) is 0 Å². The Hall–Kier alpha value is -1.05. The van der Waals surface area contributed by atoms with Gasteiger partial charge in [0, 0.05) is 6.92 Å². The van der Waals surface area contributed by atoms with E-state index in [1.807, 2.05) is 6.08 Å². The van der Waals surface area contributed by atoms with Crippen LogP contribution >= 0.6 is 0 Å². The van der Waals surface area contributed by atoms with E-state index in [2.05, 4.69) is 17.7 Å². The zero-order valence-corrected chi connectivity index (χ0v) is 8.45. The minimum Gasteiger partial charge on any atom is -0.435 e. The number of carbonyl (C=O) groups excluding carboxylic acids is 1. The van der Waals surface area contributed by atoms with Crippen LogP contribution in [0.3, 0.4) is 0 Å². The molecule has 0 N–H and O–H groups in total. The van der Waals surface area contributed by atoms with Crippen LogP contribution in [0.4, 0.5) is 0 Å². The van der Waals surface area contributed by atoms with Crippen LogP contribution in [0.15, 0.2) is 24.5 Å². The zero-order valence-electron chi connectivity index (χ0n) is 8.45. The predicted molar refractivity (Wildman–Crippen MR) is 54.2 cm³/mol. The summed E-state index contributed by atoms with van der Waals surface area (Å²) in [5.74, 6) is -0.282. The van der Waals surface area contributed by atoms with Crippen molar-refractivity contribution in [1.29, 1.82) is 0 Å². The van der Waals surface area contributed by atoms with Crippen molar-refractivity contribution in [2.75, 3.05) is 0 Å². The van der Waals surface area contributed by atoms with Crippen molar-refractivity contribution >= 4 is 5.97 Å². The standard InChI is InChI=1S/C11H18O2/c1-3-4-5-6-7-8-9-10-13-11(2)12/h7-10H,3-6H2,1-2H3. The average Bonchev–Trinajstić information content (AvgIpc) is 2.09. The monoisotopic (exact) mass is 182 g/mol. The first-order chi connectivity index (χ1) is 6.27. The Bertz CT molecular complexity index is 181. The Morgan fingerprint density at radius 1 is 1.31 bits per heavy atom. The third-order valence-corrected chi connectivity index (χ3v) is 1.53. The van der Waals surface area contributed by atoms with Gasteiger partial charge in [0.05, 0.1) is 6.26 Å². The lowest BCUT2D eigenvalue weighted by Crippen LogP contribution is -1.88. The second-order valence-electron chi connectivity index (χ2n) is 2.86. The summed E-state index contributed by atoms with van der Waals surface area (Å²) >= 11 is 0. The van der Waals surface area contributed by atoms with Gasteiger partial charge in [-0.05, 0) is 18.9 Å². The van der Waals surface area contributed by atoms with Gasteiger partial charge in [-0.2, -0.15) is 0 Å². The molecule has 2 heteroatoms. The van der Waals surface area contributed by atoms with E-state index in [9.17, 15) is 4.79 Å². The maximum absolute atomic E-state index is 10.3.